The lowest BCUT2D eigenvalue weighted by molar-refractivity contribution is -0.136. The zero-order valence-electron chi connectivity index (χ0n) is 12.8. The van der Waals surface area contributed by atoms with Crippen molar-refractivity contribution >= 4 is 11.8 Å². The first-order valence-corrected chi connectivity index (χ1v) is 7.77. The average Bonchev–Trinajstić information content (AvgIpc) is 2.49. The second kappa shape index (κ2) is 7.98. The van der Waals surface area contributed by atoms with E-state index in [1.165, 1.54) is 19.3 Å². The van der Waals surface area contributed by atoms with Crippen molar-refractivity contribution in [2.75, 3.05) is 37.6 Å². The Kier molecular flexibility index (Phi) is 5.99. The highest BCUT2D eigenvalue weighted by Gasteiger charge is 2.15. The Morgan fingerprint density at radius 1 is 1.33 bits per heavy atom. The number of likely N-dealkylation sites (tertiary alicyclic amines) is 1. The van der Waals surface area contributed by atoms with Crippen molar-refractivity contribution in [1.29, 1.82) is 0 Å². The summed E-state index contributed by atoms with van der Waals surface area (Å²) in [6, 6.07) is 3.94. The van der Waals surface area contributed by atoms with Crippen LogP contribution in [0.2, 0.25) is 0 Å². The van der Waals surface area contributed by atoms with Gasteiger partial charge in [-0.05, 0) is 44.5 Å². The van der Waals surface area contributed by atoms with E-state index < -0.39 is 5.97 Å². The van der Waals surface area contributed by atoms with Crippen LogP contribution in [-0.4, -0.2) is 53.7 Å². The van der Waals surface area contributed by atoms with Gasteiger partial charge in [0.25, 0.3) is 0 Å². The molecule has 0 radical (unpaired) electrons. The Hall–Kier alpha value is -1.62. The summed E-state index contributed by atoms with van der Waals surface area (Å²) in [7, 11) is 0. The van der Waals surface area contributed by atoms with Crippen LogP contribution in [0, 0.1) is 6.92 Å². The largest absolute Gasteiger partial charge is 0.481 e. The van der Waals surface area contributed by atoms with E-state index in [1.807, 2.05) is 19.1 Å². The van der Waals surface area contributed by atoms with Gasteiger partial charge in [-0.1, -0.05) is 12.5 Å². The number of carbonyl (C=O) groups is 1. The number of aliphatic carboxylic acids is 1. The van der Waals surface area contributed by atoms with Crippen LogP contribution in [-0.2, 0) is 4.79 Å². The summed E-state index contributed by atoms with van der Waals surface area (Å²) < 4.78 is 0. The number of hydrogen-bond donors (Lipinski definition) is 1. The van der Waals surface area contributed by atoms with Gasteiger partial charge in [-0.25, -0.2) is 4.98 Å². The number of carboxylic acids is 1. The van der Waals surface area contributed by atoms with Crippen LogP contribution in [0.1, 0.15) is 31.2 Å². The van der Waals surface area contributed by atoms with Gasteiger partial charge in [-0.15, -0.1) is 0 Å². The van der Waals surface area contributed by atoms with E-state index in [4.69, 9.17) is 5.11 Å². The molecule has 0 unspecified atom stereocenters. The van der Waals surface area contributed by atoms with Gasteiger partial charge in [-0.3, -0.25) is 4.79 Å². The fourth-order valence-electron chi connectivity index (χ4n) is 2.81. The number of pyridine rings is 1. The van der Waals surface area contributed by atoms with Crippen LogP contribution in [0.4, 0.5) is 5.82 Å². The van der Waals surface area contributed by atoms with Crippen molar-refractivity contribution in [3.05, 3.63) is 23.9 Å². The van der Waals surface area contributed by atoms with E-state index in [2.05, 4.69) is 14.8 Å². The molecule has 0 atom stereocenters. The van der Waals surface area contributed by atoms with Crippen LogP contribution in [0.15, 0.2) is 18.3 Å². The van der Waals surface area contributed by atoms with E-state index in [1.54, 1.807) is 6.20 Å². The second-order valence-electron chi connectivity index (χ2n) is 5.68. The summed E-state index contributed by atoms with van der Waals surface area (Å²) >= 11 is 0. The van der Waals surface area contributed by atoms with Crippen molar-refractivity contribution in [3.8, 4) is 0 Å². The molecule has 0 aliphatic carbocycles. The summed E-state index contributed by atoms with van der Waals surface area (Å²) in [5, 5.41) is 8.94. The van der Waals surface area contributed by atoms with Crippen LogP contribution in [0.5, 0.6) is 0 Å². The van der Waals surface area contributed by atoms with Gasteiger partial charge in [0.05, 0.1) is 6.42 Å². The molecule has 0 bridgehead atoms. The molecule has 21 heavy (non-hydrogen) atoms. The number of hydrogen-bond acceptors (Lipinski definition) is 4. The molecule has 1 saturated heterocycles. The summed E-state index contributed by atoms with van der Waals surface area (Å²) in [4.78, 5) is 19.9. The predicted molar refractivity (Wildman–Crippen MR) is 83.7 cm³/mol. The molecule has 1 aliphatic rings. The molecule has 1 aromatic rings. The van der Waals surface area contributed by atoms with Crippen molar-refractivity contribution in [2.45, 2.75) is 32.6 Å². The fourth-order valence-corrected chi connectivity index (χ4v) is 2.81. The van der Waals surface area contributed by atoms with Crippen LogP contribution in [0.3, 0.4) is 0 Å². The highest BCUT2D eigenvalue weighted by atomic mass is 16.4. The number of anilines is 1. The Labute approximate surface area is 126 Å². The lowest BCUT2D eigenvalue weighted by atomic mass is 10.1. The van der Waals surface area contributed by atoms with Gasteiger partial charge in [0.15, 0.2) is 0 Å². The monoisotopic (exact) mass is 291 g/mol. The molecule has 1 N–H and O–H groups in total. The number of aromatic nitrogens is 1. The topological polar surface area (TPSA) is 56.7 Å². The van der Waals surface area contributed by atoms with Gasteiger partial charge in [0.1, 0.15) is 5.82 Å². The van der Waals surface area contributed by atoms with Gasteiger partial charge < -0.3 is 14.9 Å². The number of aryl methyl sites for hydroxylation is 1. The van der Waals surface area contributed by atoms with E-state index in [9.17, 15) is 4.79 Å². The zero-order valence-corrected chi connectivity index (χ0v) is 12.8. The quantitative estimate of drug-likeness (QED) is 0.834. The number of rotatable bonds is 7. The molecular weight excluding hydrogens is 266 g/mol. The minimum absolute atomic E-state index is 0.149. The highest BCUT2D eigenvalue weighted by molar-refractivity contribution is 5.67. The molecule has 0 amide bonds. The standard InChI is InChI=1S/C16H25N3O2/c1-14-6-5-8-17-16(14)19(11-7-15(20)21)13-12-18-9-3-2-4-10-18/h5-6,8H,2-4,7,9-13H2,1H3,(H,20,21). The van der Waals surface area contributed by atoms with Crippen molar-refractivity contribution in [1.82, 2.24) is 9.88 Å². The molecule has 1 aromatic heterocycles. The maximum absolute atomic E-state index is 10.9. The smallest absolute Gasteiger partial charge is 0.305 e. The number of carboxylic acid groups (broad SMARTS) is 1. The van der Waals surface area contributed by atoms with Crippen LogP contribution >= 0.6 is 0 Å². The Morgan fingerprint density at radius 2 is 2.10 bits per heavy atom. The zero-order chi connectivity index (χ0) is 15.1. The van der Waals surface area contributed by atoms with Gasteiger partial charge in [-0.2, -0.15) is 0 Å². The summed E-state index contributed by atoms with van der Waals surface area (Å²) in [5.41, 5.74) is 1.10. The summed E-state index contributed by atoms with van der Waals surface area (Å²) in [5.74, 6) is 0.155. The fraction of sp³-hybridized carbons (Fsp3) is 0.625. The summed E-state index contributed by atoms with van der Waals surface area (Å²) in [6.07, 6.45) is 5.81. The third-order valence-corrected chi connectivity index (χ3v) is 4.01. The molecule has 1 aliphatic heterocycles. The van der Waals surface area contributed by atoms with Gasteiger partial charge in [0, 0.05) is 25.8 Å². The van der Waals surface area contributed by atoms with Gasteiger partial charge in [0.2, 0.25) is 0 Å². The maximum atomic E-state index is 10.9. The van der Waals surface area contributed by atoms with Crippen molar-refractivity contribution in [2.24, 2.45) is 0 Å². The first kappa shape index (κ1) is 15.8. The van der Waals surface area contributed by atoms with Gasteiger partial charge >= 0.3 is 5.97 Å². The normalized spacial score (nSPS) is 15.9. The van der Waals surface area contributed by atoms with E-state index >= 15 is 0 Å². The Balaban J connectivity index is 1.97. The third-order valence-electron chi connectivity index (χ3n) is 4.01. The average molecular weight is 291 g/mol. The Bertz CT molecular complexity index is 459. The minimum Gasteiger partial charge on any atom is -0.481 e. The molecule has 0 saturated carbocycles. The lowest BCUT2D eigenvalue weighted by Crippen LogP contribution is -2.39. The molecule has 2 rings (SSSR count). The molecule has 0 spiro atoms. The Morgan fingerprint density at radius 3 is 2.76 bits per heavy atom. The summed E-state index contributed by atoms with van der Waals surface area (Å²) in [6.45, 7) is 6.68. The van der Waals surface area contributed by atoms with Crippen LogP contribution in [0.25, 0.3) is 0 Å². The minimum atomic E-state index is -0.758. The second-order valence-corrected chi connectivity index (χ2v) is 5.68. The number of piperidine rings is 1. The molecule has 1 fully saturated rings. The first-order chi connectivity index (χ1) is 10.2. The first-order valence-electron chi connectivity index (χ1n) is 7.77. The molecule has 5 nitrogen and oxygen atoms in total. The van der Waals surface area contributed by atoms with E-state index in [0.29, 0.717) is 6.54 Å². The lowest BCUT2D eigenvalue weighted by Gasteiger charge is -2.31. The third kappa shape index (κ3) is 5.01. The molecule has 2 heterocycles. The van der Waals surface area contributed by atoms with E-state index in [-0.39, 0.29) is 6.42 Å². The SMILES string of the molecule is Cc1cccnc1N(CCC(=O)O)CCN1CCCCC1. The molecular formula is C16H25N3O2. The van der Waals surface area contributed by atoms with Crippen molar-refractivity contribution in [3.63, 3.8) is 0 Å². The maximum Gasteiger partial charge on any atom is 0.305 e. The van der Waals surface area contributed by atoms with Crippen molar-refractivity contribution < 1.29 is 9.90 Å². The van der Waals surface area contributed by atoms with Crippen LogP contribution < -0.4 is 4.90 Å². The highest BCUT2D eigenvalue weighted by Crippen LogP contribution is 2.17. The predicted octanol–water partition coefficient (Wildman–Crippen LogP) is 2.16. The molecule has 0 aromatic carbocycles. The molecule has 5 heteroatoms. The van der Waals surface area contributed by atoms with E-state index in [0.717, 1.165) is 37.6 Å². The number of nitrogens with zero attached hydrogens (tertiary/aromatic N) is 3. The molecule has 116 valence electrons.